The van der Waals surface area contributed by atoms with Gasteiger partial charge >= 0.3 is 0 Å². The van der Waals surface area contributed by atoms with Gasteiger partial charge in [-0.1, -0.05) is 0 Å². The molecule has 0 radical (unpaired) electrons. The maximum atomic E-state index is 11.6. The number of rotatable bonds is 2. The molecule has 2 rings (SSSR count). The number of non-ortho nitro benzene ring substituents is 1. The third kappa shape index (κ3) is 2.28. The summed E-state index contributed by atoms with van der Waals surface area (Å²) in [6, 6.07) is 5.90. The fourth-order valence-electron chi connectivity index (χ4n) is 1.42. The lowest BCUT2D eigenvalue weighted by Gasteiger charge is -1.89. The van der Waals surface area contributed by atoms with E-state index in [0.717, 1.165) is 4.70 Å². The quantitative estimate of drug-likeness (QED) is 0.365. The number of fused-ring (bicyclic) bond motifs is 1. The van der Waals surface area contributed by atoms with Crippen molar-refractivity contribution in [2.24, 2.45) is 16.5 Å². The first-order valence-corrected chi connectivity index (χ1v) is 5.61. The standard InChI is InChI=1S/C10H8N4O3S/c11-10(12)13-9(15)8-4-5-3-6(14(16)17)1-2-7(5)18-8/h1-4H,(H4,11,12,13,15). The summed E-state index contributed by atoms with van der Waals surface area (Å²) in [7, 11) is 0. The van der Waals surface area contributed by atoms with Gasteiger partial charge in [-0.15, -0.1) is 11.3 Å². The molecule has 0 spiro atoms. The van der Waals surface area contributed by atoms with Gasteiger partial charge in [0.15, 0.2) is 5.96 Å². The highest BCUT2D eigenvalue weighted by Gasteiger charge is 2.12. The van der Waals surface area contributed by atoms with Gasteiger partial charge in [-0.25, -0.2) is 0 Å². The van der Waals surface area contributed by atoms with Crippen molar-refractivity contribution in [3.8, 4) is 0 Å². The van der Waals surface area contributed by atoms with Crippen molar-refractivity contribution >= 4 is 39.0 Å². The number of nitrogens with zero attached hydrogens (tertiary/aromatic N) is 2. The van der Waals surface area contributed by atoms with Crippen molar-refractivity contribution in [1.29, 1.82) is 0 Å². The normalized spacial score (nSPS) is 10.2. The Bertz CT molecular complexity index is 673. The molecule has 4 N–H and O–H groups in total. The van der Waals surface area contributed by atoms with Gasteiger partial charge in [0.05, 0.1) is 9.80 Å². The molecule has 0 fully saturated rings. The minimum Gasteiger partial charge on any atom is -0.370 e. The largest absolute Gasteiger partial charge is 0.370 e. The van der Waals surface area contributed by atoms with Crippen molar-refractivity contribution in [2.75, 3.05) is 0 Å². The number of nitrogens with two attached hydrogens (primary N) is 2. The molecule has 1 aromatic heterocycles. The number of hydrogen-bond acceptors (Lipinski definition) is 4. The molecular formula is C10H8N4O3S. The molecule has 0 aliphatic carbocycles. The van der Waals surface area contributed by atoms with Crippen molar-refractivity contribution in [2.45, 2.75) is 0 Å². The van der Waals surface area contributed by atoms with Gasteiger partial charge in [0.25, 0.3) is 11.6 Å². The second-order valence-electron chi connectivity index (χ2n) is 3.43. The van der Waals surface area contributed by atoms with E-state index in [1.54, 1.807) is 6.07 Å². The number of hydrogen-bond donors (Lipinski definition) is 2. The van der Waals surface area contributed by atoms with Crippen LogP contribution in [0.4, 0.5) is 5.69 Å². The molecule has 0 bridgehead atoms. The highest BCUT2D eigenvalue weighted by atomic mass is 32.1. The summed E-state index contributed by atoms with van der Waals surface area (Å²) >= 11 is 1.18. The third-order valence-corrected chi connectivity index (χ3v) is 3.26. The highest BCUT2D eigenvalue weighted by molar-refractivity contribution is 7.20. The van der Waals surface area contributed by atoms with Crippen LogP contribution in [0.5, 0.6) is 0 Å². The maximum Gasteiger partial charge on any atom is 0.290 e. The summed E-state index contributed by atoms with van der Waals surface area (Å²) in [5.41, 5.74) is 10.2. The average Bonchev–Trinajstić information content (AvgIpc) is 2.70. The summed E-state index contributed by atoms with van der Waals surface area (Å²) in [6.45, 7) is 0. The first-order valence-electron chi connectivity index (χ1n) is 4.79. The molecule has 1 heterocycles. The van der Waals surface area contributed by atoms with Crippen LogP contribution < -0.4 is 11.5 Å². The Balaban J connectivity index is 2.47. The Labute approximate surface area is 105 Å². The van der Waals surface area contributed by atoms with Crippen molar-refractivity contribution < 1.29 is 9.72 Å². The van der Waals surface area contributed by atoms with E-state index in [-0.39, 0.29) is 11.6 Å². The lowest BCUT2D eigenvalue weighted by molar-refractivity contribution is -0.384. The fourth-order valence-corrected chi connectivity index (χ4v) is 2.35. The van der Waals surface area contributed by atoms with Crippen LogP contribution >= 0.6 is 11.3 Å². The topological polar surface area (TPSA) is 125 Å². The number of aliphatic imine (C=N–C) groups is 1. The predicted octanol–water partition coefficient (Wildman–Crippen LogP) is 1.22. The van der Waals surface area contributed by atoms with Crippen LogP contribution in [0.2, 0.25) is 0 Å². The van der Waals surface area contributed by atoms with E-state index in [4.69, 9.17) is 11.5 Å². The first-order chi connectivity index (χ1) is 8.47. The van der Waals surface area contributed by atoms with E-state index in [1.807, 2.05) is 0 Å². The summed E-state index contributed by atoms with van der Waals surface area (Å²) in [6.07, 6.45) is 0. The van der Waals surface area contributed by atoms with Crippen LogP contribution in [0.25, 0.3) is 10.1 Å². The fraction of sp³-hybridized carbons (Fsp3) is 0. The van der Waals surface area contributed by atoms with Gasteiger partial charge in [-0.05, 0) is 12.1 Å². The molecule has 0 saturated heterocycles. The van der Waals surface area contributed by atoms with E-state index in [2.05, 4.69) is 4.99 Å². The lowest BCUT2D eigenvalue weighted by atomic mass is 10.2. The van der Waals surface area contributed by atoms with E-state index < -0.39 is 10.8 Å². The van der Waals surface area contributed by atoms with Gasteiger partial charge in [0.1, 0.15) is 0 Å². The molecule has 0 saturated carbocycles. The molecule has 18 heavy (non-hydrogen) atoms. The Morgan fingerprint density at radius 1 is 1.33 bits per heavy atom. The smallest absolute Gasteiger partial charge is 0.290 e. The van der Waals surface area contributed by atoms with Gasteiger partial charge in [0, 0.05) is 22.2 Å². The molecular weight excluding hydrogens is 256 g/mol. The van der Waals surface area contributed by atoms with Crippen LogP contribution in [-0.2, 0) is 0 Å². The average molecular weight is 264 g/mol. The second-order valence-corrected chi connectivity index (χ2v) is 4.52. The Hall–Kier alpha value is -2.48. The highest BCUT2D eigenvalue weighted by Crippen LogP contribution is 2.29. The van der Waals surface area contributed by atoms with Gasteiger partial charge in [0.2, 0.25) is 0 Å². The zero-order valence-corrected chi connectivity index (χ0v) is 9.81. The number of nitro groups is 1. The van der Waals surface area contributed by atoms with E-state index in [0.29, 0.717) is 10.3 Å². The second kappa shape index (κ2) is 4.41. The maximum absolute atomic E-state index is 11.6. The number of nitro benzene ring substituents is 1. The van der Waals surface area contributed by atoms with Crippen molar-refractivity contribution in [1.82, 2.24) is 0 Å². The number of carbonyl (C=O) groups is 1. The molecule has 0 aliphatic heterocycles. The predicted molar refractivity (Wildman–Crippen MR) is 68.6 cm³/mol. The number of benzene rings is 1. The molecule has 8 heteroatoms. The summed E-state index contributed by atoms with van der Waals surface area (Å²) in [4.78, 5) is 25.4. The number of guanidine groups is 1. The van der Waals surface area contributed by atoms with Gasteiger partial charge in [-0.3, -0.25) is 14.9 Å². The van der Waals surface area contributed by atoms with Crippen LogP contribution in [0.1, 0.15) is 9.67 Å². The Morgan fingerprint density at radius 2 is 2.06 bits per heavy atom. The van der Waals surface area contributed by atoms with E-state index >= 15 is 0 Å². The van der Waals surface area contributed by atoms with Crippen LogP contribution in [0.3, 0.4) is 0 Å². The minimum atomic E-state index is -0.557. The van der Waals surface area contributed by atoms with Crippen molar-refractivity contribution in [3.63, 3.8) is 0 Å². The first kappa shape index (κ1) is 12.0. The number of thiophene rings is 1. The van der Waals surface area contributed by atoms with Crippen molar-refractivity contribution in [3.05, 3.63) is 39.3 Å². The molecule has 92 valence electrons. The SMILES string of the molecule is NC(N)=NC(=O)c1cc2cc([N+](=O)[O-])ccc2s1. The van der Waals surface area contributed by atoms with Crippen LogP contribution in [-0.4, -0.2) is 16.8 Å². The Morgan fingerprint density at radius 3 is 2.67 bits per heavy atom. The zero-order chi connectivity index (χ0) is 13.3. The molecule has 2 aromatic rings. The van der Waals surface area contributed by atoms with Crippen LogP contribution in [0, 0.1) is 10.1 Å². The van der Waals surface area contributed by atoms with Gasteiger partial charge < -0.3 is 11.5 Å². The molecule has 1 aromatic carbocycles. The van der Waals surface area contributed by atoms with E-state index in [9.17, 15) is 14.9 Å². The monoisotopic (exact) mass is 264 g/mol. The molecule has 0 atom stereocenters. The molecule has 1 amide bonds. The summed E-state index contributed by atoms with van der Waals surface area (Å²) < 4.78 is 0.759. The zero-order valence-electron chi connectivity index (χ0n) is 8.99. The Kier molecular flexibility index (Phi) is 2.94. The number of carbonyl (C=O) groups excluding carboxylic acids is 1. The van der Waals surface area contributed by atoms with E-state index in [1.165, 1.54) is 29.5 Å². The van der Waals surface area contributed by atoms with Gasteiger partial charge in [-0.2, -0.15) is 4.99 Å². The molecule has 7 nitrogen and oxygen atoms in total. The minimum absolute atomic E-state index is 0.0267. The molecule has 0 unspecified atom stereocenters. The third-order valence-electron chi connectivity index (χ3n) is 2.15. The summed E-state index contributed by atoms with van der Waals surface area (Å²) in [5.74, 6) is -0.873. The summed E-state index contributed by atoms with van der Waals surface area (Å²) in [5, 5.41) is 11.2. The molecule has 0 aliphatic rings. The van der Waals surface area contributed by atoms with Crippen LogP contribution in [0.15, 0.2) is 29.3 Å². The lowest BCUT2D eigenvalue weighted by Crippen LogP contribution is -2.24. The number of amides is 1.